The average Bonchev–Trinajstić information content (AvgIpc) is 2.61. The number of halogens is 3. The highest BCUT2D eigenvalue weighted by molar-refractivity contribution is 5.79. The van der Waals surface area contributed by atoms with Crippen LogP contribution >= 0.6 is 0 Å². The maximum Gasteiger partial charge on any atom is 0.408 e. The summed E-state index contributed by atoms with van der Waals surface area (Å²) in [5.74, 6) is -1.39. The lowest BCUT2D eigenvalue weighted by Gasteiger charge is -2.16. The van der Waals surface area contributed by atoms with Crippen LogP contribution in [0.5, 0.6) is 0 Å². The van der Waals surface area contributed by atoms with Gasteiger partial charge in [-0.1, -0.05) is 0 Å². The van der Waals surface area contributed by atoms with Gasteiger partial charge >= 0.3 is 12.1 Å². The summed E-state index contributed by atoms with van der Waals surface area (Å²) in [6, 6.07) is 0. The standard InChI is InChI=1S/C13H18F3N3O3/c1-8-10(6-11(20)18(3)5-4-12(21)22)9(2)19(17-8)7-13(14,15)16/h4-7H2,1-3H3,(H,21,22). The molecule has 22 heavy (non-hydrogen) atoms. The molecule has 0 aliphatic carbocycles. The summed E-state index contributed by atoms with van der Waals surface area (Å²) < 4.78 is 38.1. The lowest BCUT2D eigenvalue weighted by molar-refractivity contribution is -0.143. The van der Waals surface area contributed by atoms with Gasteiger partial charge in [0.25, 0.3) is 0 Å². The van der Waals surface area contributed by atoms with Gasteiger partial charge in [-0.15, -0.1) is 0 Å². The summed E-state index contributed by atoms with van der Waals surface area (Å²) in [7, 11) is 1.45. The Morgan fingerprint density at radius 3 is 2.41 bits per heavy atom. The molecule has 0 aliphatic heterocycles. The number of amides is 1. The summed E-state index contributed by atoms with van der Waals surface area (Å²) in [5, 5.41) is 12.4. The molecule has 0 radical (unpaired) electrons. The van der Waals surface area contributed by atoms with Crippen LogP contribution in [0.2, 0.25) is 0 Å². The molecule has 0 spiro atoms. The smallest absolute Gasteiger partial charge is 0.408 e. The van der Waals surface area contributed by atoms with E-state index in [1.807, 2.05) is 0 Å². The van der Waals surface area contributed by atoms with Crippen LogP contribution in [0.15, 0.2) is 0 Å². The maximum absolute atomic E-state index is 12.4. The van der Waals surface area contributed by atoms with Gasteiger partial charge in [0.15, 0.2) is 0 Å². The normalized spacial score (nSPS) is 11.5. The number of hydrogen-bond donors (Lipinski definition) is 1. The van der Waals surface area contributed by atoms with Crippen LogP contribution in [0.1, 0.15) is 23.4 Å². The molecule has 1 rings (SSSR count). The number of aromatic nitrogens is 2. The minimum absolute atomic E-state index is 0.0446. The molecule has 1 amide bonds. The van der Waals surface area contributed by atoms with Gasteiger partial charge < -0.3 is 10.0 Å². The van der Waals surface area contributed by atoms with E-state index in [0.29, 0.717) is 11.3 Å². The van der Waals surface area contributed by atoms with Crippen LogP contribution in [0.3, 0.4) is 0 Å². The second-order valence-corrected chi connectivity index (χ2v) is 5.06. The van der Waals surface area contributed by atoms with Gasteiger partial charge in [0.1, 0.15) is 6.54 Å². The molecular weight excluding hydrogens is 303 g/mol. The van der Waals surface area contributed by atoms with E-state index < -0.39 is 18.7 Å². The largest absolute Gasteiger partial charge is 0.481 e. The topological polar surface area (TPSA) is 75.4 Å². The lowest BCUT2D eigenvalue weighted by Crippen LogP contribution is -2.30. The number of aliphatic carboxylic acids is 1. The minimum Gasteiger partial charge on any atom is -0.481 e. The predicted octanol–water partition coefficient (Wildman–Crippen LogP) is 1.54. The monoisotopic (exact) mass is 321 g/mol. The highest BCUT2D eigenvalue weighted by Crippen LogP contribution is 2.21. The first kappa shape index (κ1) is 18.0. The minimum atomic E-state index is -4.39. The molecule has 1 aromatic rings. The van der Waals surface area contributed by atoms with E-state index in [0.717, 1.165) is 4.68 Å². The first-order valence-electron chi connectivity index (χ1n) is 6.56. The van der Waals surface area contributed by atoms with Crippen molar-refractivity contribution in [2.45, 2.75) is 39.4 Å². The molecular formula is C13H18F3N3O3. The van der Waals surface area contributed by atoms with Crippen molar-refractivity contribution in [3.8, 4) is 0 Å². The average molecular weight is 321 g/mol. The molecule has 0 aromatic carbocycles. The Hall–Kier alpha value is -2.06. The zero-order valence-corrected chi connectivity index (χ0v) is 12.6. The Labute approximate surface area is 125 Å². The van der Waals surface area contributed by atoms with Crippen LogP contribution in [0, 0.1) is 13.8 Å². The van der Waals surface area contributed by atoms with Gasteiger partial charge in [-0.3, -0.25) is 14.3 Å². The molecule has 0 atom stereocenters. The molecule has 1 heterocycles. The van der Waals surface area contributed by atoms with E-state index in [2.05, 4.69) is 5.10 Å². The van der Waals surface area contributed by atoms with E-state index >= 15 is 0 Å². The van der Waals surface area contributed by atoms with Crippen molar-refractivity contribution in [2.75, 3.05) is 13.6 Å². The molecule has 0 bridgehead atoms. The van der Waals surface area contributed by atoms with Crippen molar-refractivity contribution in [3.63, 3.8) is 0 Å². The fourth-order valence-electron chi connectivity index (χ4n) is 1.99. The third-order valence-electron chi connectivity index (χ3n) is 3.28. The number of likely N-dealkylation sites (N-methyl/N-ethyl adjacent to an activating group) is 1. The predicted molar refractivity (Wildman–Crippen MR) is 71.3 cm³/mol. The summed E-state index contributed by atoms with van der Waals surface area (Å²) in [6.07, 6.45) is -4.68. The maximum atomic E-state index is 12.4. The molecule has 0 fully saturated rings. The van der Waals surface area contributed by atoms with Crippen molar-refractivity contribution in [3.05, 3.63) is 17.0 Å². The summed E-state index contributed by atoms with van der Waals surface area (Å²) in [4.78, 5) is 23.7. The molecule has 0 saturated heterocycles. The van der Waals surface area contributed by atoms with E-state index in [4.69, 9.17) is 5.11 Å². The van der Waals surface area contributed by atoms with E-state index in [-0.39, 0.29) is 31.0 Å². The van der Waals surface area contributed by atoms with E-state index in [1.165, 1.54) is 18.9 Å². The van der Waals surface area contributed by atoms with Crippen molar-refractivity contribution in [1.82, 2.24) is 14.7 Å². The van der Waals surface area contributed by atoms with Crippen molar-refractivity contribution < 1.29 is 27.9 Å². The Bertz CT molecular complexity index is 567. The first-order chi connectivity index (χ1) is 10.0. The molecule has 0 aliphatic rings. The molecule has 1 aromatic heterocycles. The molecule has 0 saturated carbocycles. The number of carbonyl (C=O) groups excluding carboxylic acids is 1. The Morgan fingerprint density at radius 1 is 1.32 bits per heavy atom. The van der Waals surface area contributed by atoms with Gasteiger partial charge in [-0.25, -0.2) is 0 Å². The van der Waals surface area contributed by atoms with Crippen molar-refractivity contribution in [2.24, 2.45) is 0 Å². The SMILES string of the molecule is Cc1nn(CC(F)(F)F)c(C)c1CC(=O)N(C)CCC(=O)O. The summed E-state index contributed by atoms with van der Waals surface area (Å²) >= 11 is 0. The molecule has 6 nitrogen and oxygen atoms in total. The van der Waals surface area contributed by atoms with Crippen molar-refractivity contribution >= 4 is 11.9 Å². The number of alkyl halides is 3. The van der Waals surface area contributed by atoms with Gasteiger partial charge in [-0.05, 0) is 13.8 Å². The van der Waals surface area contributed by atoms with Gasteiger partial charge in [0, 0.05) is 24.8 Å². The fraction of sp³-hybridized carbons (Fsp3) is 0.615. The molecule has 124 valence electrons. The lowest BCUT2D eigenvalue weighted by atomic mass is 10.1. The van der Waals surface area contributed by atoms with Gasteiger partial charge in [0.2, 0.25) is 5.91 Å². The van der Waals surface area contributed by atoms with Crippen LogP contribution in [-0.2, 0) is 22.6 Å². The Morgan fingerprint density at radius 2 is 1.91 bits per heavy atom. The fourth-order valence-corrected chi connectivity index (χ4v) is 1.99. The number of carboxylic acids is 1. The molecule has 9 heteroatoms. The number of hydrogen-bond acceptors (Lipinski definition) is 3. The van der Waals surface area contributed by atoms with Crippen molar-refractivity contribution in [1.29, 1.82) is 0 Å². The van der Waals surface area contributed by atoms with Crippen LogP contribution in [0.25, 0.3) is 0 Å². The third-order valence-corrected chi connectivity index (χ3v) is 3.28. The highest BCUT2D eigenvalue weighted by atomic mass is 19.4. The second-order valence-electron chi connectivity index (χ2n) is 5.06. The zero-order valence-electron chi connectivity index (χ0n) is 12.6. The summed E-state index contributed by atoms with van der Waals surface area (Å²) in [5.41, 5.74) is 1.09. The first-order valence-corrected chi connectivity index (χ1v) is 6.56. The number of carbonyl (C=O) groups is 2. The van der Waals surface area contributed by atoms with Crippen LogP contribution in [-0.4, -0.2) is 51.4 Å². The molecule has 0 unspecified atom stereocenters. The van der Waals surface area contributed by atoms with Crippen LogP contribution < -0.4 is 0 Å². The zero-order chi connectivity index (χ0) is 17.1. The number of carboxylic acid groups (broad SMARTS) is 1. The van der Waals surface area contributed by atoms with Gasteiger partial charge in [-0.2, -0.15) is 18.3 Å². The summed E-state index contributed by atoms with van der Waals surface area (Å²) in [6.45, 7) is 1.86. The Balaban J connectivity index is 2.81. The quantitative estimate of drug-likeness (QED) is 0.862. The van der Waals surface area contributed by atoms with Gasteiger partial charge in [0.05, 0.1) is 18.5 Å². The highest BCUT2D eigenvalue weighted by Gasteiger charge is 2.30. The third kappa shape index (κ3) is 5.05. The molecule has 1 N–H and O–H groups in total. The Kier molecular flexibility index (Phi) is 5.56. The number of rotatable bonds is 6. The number of nitrogens with zero attached hydrogens (tertiary/aromatic N) is 3. The van der Waals surface area contributed by atoms with E-state index in [1.54, 1.807) is 6.92 Å². The number of aryl methyl sites for hydroxylation is 1. The van der Waals surface area contributed by atoms with E-state index in [9.17, 15) is 22.8 Å². The van der Waals surface area contributed by atoms with Crippen LogP contribution in [0.4, 0.5) is 13.2 Å². The second kappa shape index (κ2) is 6.80.